The van der Waals surface area contributed by atoms with Crippen LogP contribution in [0.2, 0.25) is 15.1 Å². The van der Waals surface area contributed by atoms with Crippen LogP contribution in [-0.4, -0.2) is 31.4 Å². The standard InChI is InChI=1S/C25H25Cl3N2O5S/c1-4-23(36(33,34)24-8-5-14(2)9-15(24)3)25(32)30-20-12-22(31)21(11-19(20)28)29-13-35-16-6-7-17(26)18(27)10-16/h5-12,23,29,31H,4,13H2,1-3H3,(H,30,32). The largest absolute Gasteiger partial charge is 0.506 e. The number of hydrogen-bond acceptors (Lipinski definition) is 6. The van der Waals surface area contributed by atoms with E-state index in [2.05, 4.69) is 10.6 Å². The second kappa shape index (κ2) is 11.6. The Kier molecular flexibility index (Phi) is 9.00. The number of amides is 1. The molecule has 0 aliphatic rings. The van der Waals surface area contributed by atoms with Gasteiger partial charge in [0.15, 0.2) is 16.6 Å². The molecule has 3 aromatic rings. The van der Waals surface area contributed by atoms with Gasteiger partial charge in [-0.15, -0.1) is 0 Å². The molecule has 7 nitrogen and oxygen atoms in total. The number of aryl methyl sites for hydroxylation is 2. The summed E-state index contributed by atoms with van der Waals surface area (Å²) < 4.78 is 32.0. The van der Waals surface area contributed by atoms with E-state index in [0.29, 0.717) is 21.4 Å². The fourth-order valence-corrected chi connectivity index (χ4v) is 5.94. The zero-order valence-corrected chi connectivity index (χ0v) is 22.8. The summed E-state index contributed by atoms with van der Waals surface area (Å²) >= 11 is 18.2. The number of anilines is 2. The number of halogens is 3. The maximum absolute atomic E-state index is 13.2. The van der Waals surface area contributed by atoms with Gasteiger partial charge in [-0.2, -0.15) is 0 Å². The van der Waals surface area contributed by atoms with Crippen molar-refractivity contribution in [1.82, 2.24) is 0 Å². The molecule has 3 rings (SSSR count). The summed E-state index contributed by atoms with van der Waals surface area (Å²) in [7, 11) is -3.96. The number of nitrogens with one attached hydrogen (secondary N) is 2. The highest BCUT2D eigenvalue weighted by Gasteiger charge is 2.34. The molecule has 3 aromatic carbocycles. The molecular weight excluding hydrogens is 547 g/mol. The molecule has 0 saturated heterocycles. The normalized spacial score (nSPS) is 12.2. The molecule has 192 valence electrons. The number of hydrogen-bond donors (Lipinski definition) is 3. The predicted octanol–water partition coefficient (Wildman–Crippen LogP) is 6.61. The molecular formula is C25H25Cl3N2O5S. The van der Waals surface area contributed by atoms with Crippen LogP contribution in [0.1, 0.15) is 24.5 Å². The highest BCUT2D eigenvalue weighted by molar-refractivity contribution is 7.92. The van der Waals surface area contributed by atoms with E-state index in [4.69, 9.17) is 39.5 Å². The minimum atomic E-state index is -3.96. The van der Waals surface area contributed by atoms with Crippen molar-refractivity contribution in [2.24, 2.45) is 0 Å². The Labute approximate surface area is 225 Å². The Morgan fingerprint density at radius 2 is 1.69 bits per heavy atom. The number of sulfone groups is 1. The zero-order valence-electron chi connectivity index (χ0n) is 19.7. The quantitative estimate of drug-likeness (QED) is 0.197. The topological polar surface area (TPSA) is 105 Å². The molecule has 3 N–H and O–H groups in total. The number of phenols is 1. The fraction of sp³-hybridized carbons (Fsp3) is 0.240. The lowest BCUT2D eigenvalue weighted by atomic mass is 10.2. The Bertz CT molecular complexity index is 1400. The van der Waals surface area contributed by atoms with Gasteiger partial charge in [0, 0.05) is 12.1 Å². The number of phenolic OH excluding ortho intramolecular Hbond substituents is 1. The molecule has 1 unspecified atom stereocenters. The minimum Gasteiger partial charge on any atom is -0.506 e. The van der Waals surface area contributed by atoms with Crippen molar-refractivity contribution in [2.75, 3.05) is 17.4 Å². The molecule has 0 fully saturated rings. The van der Waals surface area contributed by atoms with Crippen molar-refractivity contribution in [2.45, 2.75) is 37.3 Å². The molecule has 0 heterocycles. The number of rotatable bonds is 9. The number of benzene rings is 3. The van der Waals surface area contributed by atoms with Gasteiger partial charge in [0.2, 0.25) is 5.91 Å². The van der Waals surface area contributed by atoms with Gasteiger partial charge < -0.3 is 20.5 Å². The van der Waals surface area contributed by atoms with Crippen molar-refractivity contribution >= 4 is 61.9 Å². The first-order valence-corrected chi connectivity index (χ1v) is 13.6. The SMILES string of the molecule is CCC(C(=O)Nc1cc(O)c(NCOc2ccc(Cl)c(Cl)c2)cc1Cl)S(=O)(=O)c1ccc(C)cc1C. The van der Waals surface area contributed by atoms with E-state index in [1.165, 1.54) is 18.2 Å². The van der Waals surface area contributed by atoms with E-state index >= 15 is 0 Å². The van der Waals surface area contributed by atoms with Crippen LogP contribution in [0, 0.1) is 13.8 Å². The molecule has 0 aliphatic carbocycles. The van der Waals surface area contributed by atoms with Crippen LogP contribution in [0.3, 0.4) is 0 Å². The number of ether oxygens (including phenoxy) is 1. The van der Waals surface area contributed by atoms with Gasteiger partial charge in [0.1, 0.15) is 16.7 Å². The Balaban J connectivity index is 1.73. The van der Waals surface area contributed by atoms with Gasteiger partial charge in [0.25, 0.3) is 0 Å². The van der Waals surface area contributed by atoms with Crippen molar-refractivity contribution in [3.63, 3.8) is 0 Å². The average Bonchev–Trinajstić information content (AvgIpc) is 2.79. The van der Waals surface area contributed by atoms with E-state index < -0.39 is 21.0 Å². The monoisotopic (exact) mass is 570 g/mol. The second-order valence-corrected chi connectivity index (χ2v) is 11.4. The lowest BCUT2D eigenvalue weighted by Gasteiger charge is -2.19. The van der Waals surface area contributed by atoms with Crippen LogP contribution in [0.5, 0.6) is 11.5 Å². The van der Waals surface area contributed by atoms with Crippen LogP contribution >= 0.6 is 34.8 Å². The van der Waals surface area contributed by atoms with Crippen LogP contribution < -0.4 is 15.4 Å². The Hall–Kier alpha value is -2.65. The first-order valence-electron chi connectivity index (χ1n) is 10.9. The molecule has 1 atom stereocenters. The van der Waals surface area contributed by atoms with Gasteiger partial charge in [-0.25, -0.2) is 8.42 Å². The highest BCUT2D eigenvalue weighted by Crippen LogP contribution is 2.35. The maximum atomic E-state index is 13.2. The first-order chi connectivity index (χ1) is 16.9. The molecule has 0 saturated carbocycles. The van der Waals surface area contributed by atoms with Crippen LogP contribution in [0.25, 0.3) is 0 Å². The van der Waals surface area contributed by atoms with Crippen LogP contribution in [0.15, 0.2) is 53.4 Å². The summed E-state index contributed by atoms with van der Waals surface area (Å²) in [6.07, 6.45) is 0.0524. The van der Waals surface area contributed by atoms with Crippen molar-refractivity contribution < 1.29 is 23.1 Å². The zero-order chi connectivity index (χ0) is 26.6. The number of carbonyl (C=O) groups is 1. The van der Waals surface area contributed by atoms with Gasteiger partial charge in [-0.1, -0.05) is 59.4 Å². The smallest absolute Gasteiger partial charge is 0.243 e. The summed E-state index contributed by atoms with van der Waals surface area (Å²) in [6.45, 7) is 5.14. The average molecular weight is 572 g/mol. The summed E-state index contributed by atoms with van der Waals surface area (Å²) in [5.74, 6) is -0.512. The van der Waals surface area contributed by atoms with E-state index in [0.717, 1.165) is 5.56 Å². The number of carbonyl (C=O) groups excluding carboxylic acids is 1. The van der Waals surface area contributed by atoms with Crippen molar-refractivity contribution in [1.29, 1.82) is 0 Å². The minimum absolute atomic E-state index is 0.0282. The third-order valence-corrected chi connectivity index (χ3v) is 8.83. The van der Waals surface area contributed by atoms with Gasteiger partial charge in [-0.05, 0) is 50.1 Å². The molecule has 0 aromatic heterocycles. The highest BCUT2D eigenvalue weighted by atomic mass is 35.5. The van der Waals surface area contributed by atoms with Gasteiger partial charge >= 0.3 is 0 Å². The number of aromatic hydroxyl groups is 1. The van der Waals surface area contributed by atoms with Crippen molar-refractivity contribution in [3.8, 4) is 11.5 Å². The van der Waals surface area contributed by atoms with E-state index in [-0.39, 0.29) is 40.2 Å². The molecule has 0 spiro atoms. The third-order valence-electron chi connectivity index (χ3n) is 5.41. The predicted molar refractivity (Wildman–Crippen MR) is 145 cm³/mol. The van der Waals surface area contributed by atoms with Crippen LogP contribution in [-0.2, 0) is 14.6 Å². The summed E-state index contributed by atoms with van der Waals surface area (Å²) in [5.41, 5.74) is 1.80. The summed E-state index contributed by atoms with van der Waals surface area (Å²) in [6, 6.07) is 12.4. The maximum Gasteiger partial charge on any atom is 0.243 e. The fourth-order valence-electron chi connectivity index (χ4n) is 3.59. The van der Waals surface area contributed by atoms with E-state index in [9.17, 15) is 18.3 Å². The first kappa shape index (κ1) is 27.9. The van der Waals surface area contributed by atoms with E-state index in [1.807, 2.05) is 6.92 Å². The molecule has 1 amide bonds. The second-order valence-electron chi connectivity index (χ2n) is 8.09. The molecule has 0 bridgehead atoms. The van der Waals surface area contributed by atoms with Gasteiger partial charge in [0.05, 0.1) is 31.3 Å². The summed E-state index contributed by atoms with van der Waals surface area (Å²) in [4.78, 5) is 13.1. The molecule has 11 heteroatoms. The molecule has 0 aliphatic heterocycles. The molecule has 0 radical (unpaired) electrons. The lowest BCUT2D eigenvalue weighted by Crippen LogP contribution is -2.35. The van der Waals surface area contributed by atoms with Crippen LogP contribution in [0.4, 0.5) is 11.4 Å². The van der Waals surface area contributed by atoms with E-state index in [1.54, 1.807) is 44.2 Å². The summed E-state index contributed by atoms with van der Waals surface area (Å²) in [5, 5.41) is 15.3. The third kappa shape index (κ3) is 6.37. The molecule has 36 heavy (non-hydrogen) atoms. The lowest BCUT2D eigenvalue weighted by molar-refractivity contribution is -0.115. The van der Waals surface area contributed by atoms with Crippen molar-refractivity contribution in [3.05, 3.63) is 74.7 Å². The van der Waals surface area contributed by atoms with Gasteiger partial charge in [-0.3, -0.25) is 4.79 Å². The Morgan fingerprint density at radius 1 is 0.972 bits per heavy atom. The Morgan fingerprint density at radius 3 is 2.33 bits per heavy atom.